The third-order valence-electron chi connectivity index (χ3n) is 2.55. The van der Waals surface area contributed by atoms with Gasteiger partial charge in [0, 0.05) is 6.07 Å². The number of nitrogens with zero attached hydrogens (tertiary/aromatic N) is 1. The van der Waals surface area contributed by atoms with Crippen molar-refractivity contribution in [1.29, 1.82) is 0 Å². The highest BCUT2D eigenvalue weighted by Crippen LogP contribution is 2.25. The summed E-state index contributed by atoms with van der Waals surface area (Å²) in [6, 6.07) is 7.30. The fraction of sp³-hybridized carbons (Fsp3) is 0.0833. The highest BCUT2D eigenvalue weighted by Gasteiger charge is 2.16. The largest absolute Gasteiger partial charge is 0.440 e. The van der Waals surface area contributed by atoms with Crippen LogP contribution in [0.1, 0.15) is 16.1 Å². The number of nitrogens with one attached hydrogen (secondary N) is 1. The van der Waals surface area contributed by atoms with Crippen molar-refractivity contribution in [3.8, 4) is 0 Å². The van der Waals surface area contributed by atoms with Gasteiger partial charge in [-0.2, -0.15) is 0 Å². The van der Waals surface area contributed by atoms with Crippen molar-refractivity contribution in [2.45, 2.75) is 6.92 Å². The van der Waals surface area contributed by atoms with Crippen molar-refractivity contribution in [2.24, 2.45) is 0 Å². The summed E-state index contributed by atoms with van der Waals surface area (Å²) >= 11 is 5.57. The van der Waals surface area contributed by atoms with E-state index >= 15 is 0 Å². The number of furan rings is 1. The van der Waals surface area contributed by atoms with E-state index in [9.17, 15) is 14.9 Å². The SMILES string of the molecule is Cc1c(NC(=O)c2ccc(Cl)o2)cccc1[N+](=O)[O-]. The molecule has 0 radical (unpaired) electrons. The van der Waals surface area contributed by atoms with Crippen LogP contribution in [0.2, 0.25) is 5.22 Å². The third kappa shape index (κ3) is 2.74. The maximum atomic E-state index is 11.8. The minimum atomic E-state index is -0.518. The second kappa shape index (κ2) is 5.11. The van der Waals surface area contributed by atoms with E-state index in [-0.39, 0.29) is 16.7 Å². The van der Waals surface area contributed by atoms with E-state index < -0.39 is 10.8 Å². The second-order valence-corrected chi connectivity index (χ2v) is 4.14. The summed E-state index contributed by atoms with van der Waals surface area (Å²) in [6.45, 7) is 1.56. The summed E-state index contributed by atoms with van der Waals surface area (Å²) in [5.41, 5.74) is 0.667. The molecule has 1 amide bonds. The molecule has 1 aromatic carbocycles. The Kier molecular flexibility index (Phi) is 3.52. The molecular weight excluding hydrogens is 272 g/mol. The number of amides is 1. The summed E-state index contributed by atoms with van der Waals surface area (Å²) in [6.07, 6.45) is 0. The highest BCUT2D eigenvalue weighted by molar-refractivity contribution is 6.29. The molecule has 0 fully saturated rings. The average molecular weight is 281 g/mol. The van der Waals surface area contributed by atoms with Crippen LogP contribution in [-0.2, 0) is 0 Å². The zero-order valence-corrected chi connectivity index (χ0v) is 10.6. The Morgan fingerprint density at radius 2 is 2.11 bits per heavy atom. The molecular formula is C12H9ClN2O4. The predicted octanol–water partition coefficient (Wildman–Crippen LogP) is 3.40. The van der Waals surface area contributed by atoms with Crippen molar-refractivity contribution in [2.75, 3.05) is 5.32 Å². The molecule has 98 valence electrons. The zero-order valence-electron chi connectivity index (χ0n) is 9.84. The number of benzene rings is 1. The van der Waals surface area contributed by atoms with Gasteiger partial charge >= 0.3 is 0 Å². The molecule has 1 aromatic heterocycles. The maximum absolute atomic E-state index is 11.8. The van der Waals surface area contributed by atoms with Gasteiger partial charge in [0.15, 0.2) is 11.0 Å². The number of carbonyl (C=O) groups is 1. The first-order chi connectivity index (χ1) is 8.99. The molecule has 0 aliphatic rings. The molecule has 7 heteroatoms. The highest BCUT2D eigenvalue weighted by atomic mass is 35.5. The van der Waals surface area contributed by atoms with Gasteiger partial charge in [0.2, 0.25) is 0 Å². The maximum Gasteiger partial charge on any atom is 0.291 e. The molecule has 0 aliphatic carbocycles. The zero-order chi connectivity index (χ0) is 14.0. The van der Waals surface area contributed by atoms with Crippen LogP contribution in [0.15, 0.2) is 34.7 Å². The predicted molar refractivity (Wildman–Crippen MR) is 69.5 cm³/mol. The van der Waals surface area contributed by atoms with E-state index in [0.717, 1.165) is 0 Å². The Morgan fingerprint density at radius 1 is 1.37 bits per heavy atom. The molecule has 0 saturated heterocycles. The van der Waals surface area contributed by atoms with Crippen molar-refractivity contribution in [3.05, 3.63) is 57.0 Å². The van der Waals surface area contributed by atoms with Crippen LogP contribution in [0.5, 0.6) is 0 Å². The Labute approximate surface area is 113 Å². The Hall–Kier alpha value is -2.34. The fourth-order valence-electron chi connectivity index (χ4n) is 1.58. The molecule has 1 N–H and O–H groups in total. The number of nitro groups is 1. The monoisotopic (exact) mass is 280 g/mol. The van der Waals surface area contributed by atoms with Gasteiger partial charge in [0.05, 0.1) is 16.2 Å². The lowest BCUT2D eigenvalue weighted by Gasteiger charge is -2.06. The number of hydrogen-bond acceptors (Lipinski definition) is 4. The summed E-state index contributed by atoms with van der Waals surface area (Å²) in [5, 5.41) is 13.4. The van der Waals surface area contributed by atoms with Crippen molar-refractivity contribution >= 4 is 28.9 Å². The van der Waals surface area contributed by atoms with Gasteiger partial charge in [-0.05, 0) is 36.7 Å². The standard InChI is InChI=1S/C12H9ClN2O4/c1-7-8(3-2-4-9(7)15(17)18)14-12(16)10-5-6-11(13)19-10/h2-6H,1H3,(H,14,16). The number of halogens is 1. The van der Waals surface area contributed by atoms with E-state index in [1.807, 2.05) is 0 Å². The van der Waals surface area contributed by atoms with E-state index in [1.54, 1.807) is 13.0 Å². The quantitative estimate of drug-likeness (QED) is 0.689. The first-order valence-electron chi connectivity index (χ1n) is 5.29. The molecule has 1 heterocycles. The van der Waals surface area contributed by atoms with Gasteiger partial charge in [-0.25, -0.2) is 0 Å². The van der Waals surface area contributed by atoms with Gasteiger partial charge in [-0.15, -0.1) is 0 Å². The molecule has 0 spiro atoms. The molecule has 0 aliphatic heterocycles. The van der Waals surface area contributed by atoms with E-state index in [4.69, 9.17) is 16.0 Å². The molecule has 0 bridgehead atoms. The van der Waals surface area contributed by atoms with Crippen LogP contribution in [0.4, 0.5) is 11.4 Å². The number of rotatable bonds is 3. The third-order valence-corrected chi connectivity index (χ3v) is 2.75. The second-order valence-electron chi connectivity index (χ2n) is 3.76. The van der Waals surface area contributed by atoms with Crippen LogP contribution >= 0.6 is 11.6 Å². The van der Waals surface area contributed by atoms with Crippen LogP contribution in [0, 0.1) is 17.0 Å². The average Bonchev–Trinajstić information content (AvgIpc) is 2.78. The summed E-state index contributed by atoms with van der Waals surface area (Å²) in [7, 11) is 0. The van der Waals surface area contributed by atoms with Crippen LogP contribution < -0.4 is 5.32 Å². The topological polar surface area (TPSA) is 85.4 Å². The number of anilines is 1. The normalized spacial score (nSPS) is 10.2. The molecule has 2 aromatic rings. The minimum absolute atomic E-state index is 0.0379. The summed E-state index contributed by atoms with van der Waals surface area (Å²) in [4.78, 5) is 22.1. The van der Waals surface area contributed by atoms with E-state index in [1.165, 1.54) is 24.3 Å². The van der Waals surface area contributed by atoms with Crippen molar-refractivity contribution in [3.63, 3.8) is 0 Å². The van der Waals surface area contributed by atoms with Gasteiger partial charge in [-0.3, -0.25) is 14.9 Å². The van der Waals surface area contributed by atoms with Gasteiger partial charge < -0.3 is 9.73 Å². The number of nitro benzene ring substituents is 1. The molecule has 19 heavy (non-hydrogen) atoms. The Morgan fingerprint density at radius 3 is 2.68 bits per heavy atom. The smallest absolute Gasteiger partial charge is 0.291 e. The van der Waals surface area contributed by atoms with Gasteiger partial charge in [0.25, 0.3) is 11.6 Å². The fourth-order valence-corrected chi connectivity index (χ4v) is 1.72. The Bertz CT molecular complexity index is 651. The van der Waals surface area contributed by atoms with Gasteiger partial charge in [0.1, 0.15) is 0 Å². The first-order valence-corrected chi connectivity index (χ1v) is 5.67. The number of carbonyl (C=O) groups excluding carboxylic acids is 1. The van der Waals surface area contributed by atoms with E-state index in [2.05, 4.69) is 5.32 Å². The van der Waals surface area contributed by atoms with Crippen LogP contribution in [0.3, 0.4) is 0 Å². The van der Waals surface area contributed by atoms with Crippen LogP contribution in [0.25, 0.3) is 0 Å². The molecule has 0 atom stereocenters. The Balaban J connectivity index is 2.27. The molecule has 0 unspecified atom stereocenters. The van der Waals surface area contributed by atoms with E-state index in [0.29, 0.717) is 11.3 Å². The van der Waals surface area contributed by atoms with Crippen molar-refractivity contribution in [1.82, 2.24) is 0 Å². The lowest BCUT2D eigenvalue weighted by molar-refractivity contribution is -0.385. The number of hydrogen-bond donors (Lipinski definition) is 1. The molecule has 2 rings (SSSR count). The van der Waals surface area contributed by atoms with Crippen molar-refractivity contribution < 1.29 is 14.1 Å². The van der Waals surface area contributed by atoms with Crippen LogP contribution in [-0.4, -0.2) is 10.8 Å². The van der Waals surface area contributed by atoms with Gasteiger partial charge in [-0.1, -0.05) is 6.07 Å². The lowest BCUT2D eigenvalue weighted by atomic mass is 10.1. The summed E-state index contributed by atoms with van der Waals surface area (Å²) < 4.78 is 4.95. The minimum Gasteiger partial charge on any atom is -0.440 e. The molecule has 0 saturated carbocycles. The first kappa shape index (κ1) is 13.1. The molecule has 6 nitrogen and oxygen atoms in total. The lowest BCUT2D eigenvalue weighted by Crippen LogP contribution is -2.12. The summed E-state index contributed by atoms with van der Waals surface area (Å²) in [5.74, 6) is -0.480.